The van der Waals surface area contributed by atoms with Crippen molar-refractivity contribution in [3.8, 4) is 0 Å². The Balaban J connectivity index is 4.82. The molecule has 0 aromatic carbocycles. The lowest BCUT2D eigenvalue weighted by molar-refractivity contribution is -0.161. The van der Waals surface area contributed by atoms with Crippen molar-refractivity contribution in [1.82, 2.24) is 0 Å². The first-order valence-electron chi connectivity index (χ1n) is 29.8. The van der Waals surface area contributed by atoms with Crippen LogP contribution in [0.2, 0.25) is 0 Å². The lowest BCUT2D eigenvalue weighted by atomic mass is 10.1. The maximum atomic E-state index is 12.9. The molecule has 0 heterocycles. The number of allylic oxidation sites excluding steroid dienone is 18. The molecule has 11 nitrogen and oxygen atoms in total. The van der Waals surface area contributed by atoms with Crippen molar-refractivity contribution < 1.29 is 52.2 Å². The molecule has 12 heteroatoms. The summed E-state index contributed by atoms with van der Waals surface area (Å²) in [6.07, 6.45) is 69.0. The molecule has 0 radical (unpaired) electrons. The van der Waals surface area contributed by atoms with Gasteiger partial charge in [-0.05, 0) is 103 Å². The molecule has 434 valence electrons. The Morgan fingerprint density at radius 1 is 0.382 bits per heavy atom. The van der Waals surface area contributed by atoms with Gasteiger partial charge in [0, 0.05) is 19.3 Å². The molecule has 76 heavy (non-hydrogen) atoms. The van der Waals surface area contributed by atoms with Gasteiger partial charge in [0.1, 0.15) is 12.7 Å². The quantitative estimate of drug-likeness (QED) is 0.0197. The Labute approximate surface area is 463 Å². The number of carbonyl (C=O) groups excluding carboxylic acids is 3. The van der Waals surface area contributed by atoms with Crippen molar-refractivity contribution in [3.05, 3.63) is 109 Å². The normalized spacial score (nSPS) is 14.1. The summed E-state index contributed by atoms with van der Waals surface area (Å²) in [4.78, 5) is 48.6. The van der Waals surface area contributed by atoms with Crippen molar-refractivity contribution in [2.45, 2.75) is 251 Å². The predicted octanol–water partition coefficient (Wildman–Crippen LogP) is 17.8. The third-order valence-corrected chi connectivity index (χ3v) is 13.1. The minimum absolute atomic E-state index is 0.121. The van der Waals surface area contributed by atoms with Gasteiger partial charge in [-0.25, -0.2) is 4.57 Å². The van der Waals surface area contributed by atoms with E-state index >= 15 is 0 Å². The van der Waals surface area contributed by atoms with Crippen LogP contribution >= 0.6 is 7.82 Å². The second kappa shape index (κ2) is 57.3. The molecule has 0 aromatic rings. The van der Waals surface area contributed by atoms with Crippen molar-refractivity contribution in [3.63, 3.8) is 0 Å². The molecule has 0 spiro atoms. The molecule has 0 rings (SSSR count). The van der Waals surface area contributed by atoms with Gasteiger partial charge in [0.15, 0.2) is 6.10 Å². The van der Waals surface area contributed by atoms with Crippen LogP contribution in [-0.4, -0.2) is 66.5 Å². The predicted molar refractivity (Wildman–Crippen MR) is 316 cm³/mol. The topological polar surface area (TPSA) is 155 Å². The third kappa shape index (κ3) is 54.9. The minimum Gasteiger partial charge on any atom is -0.462 e. The van der Waals surface area contributed by atoms with Crippen LogP contribution in [0, 0.1) is 0 Å². The molecule has 0 aliphatic heterocycles. The molecular weight excluding hydrogens is 976 g/mol. The highest BCUT2D eigenvalue weighted by Gasteiger charge is 2.28. The molecule has 0 fully saturated rings. The van der Waals surface area contributed by atoms with Gasteiger partial charge in [0.25, 0.3) is 0 Å². The van der Waals surface area contributed by atoms with E-state index in [-0.39, 0.29) is 25.9 Å². The van der Waals surface area contributed by atoms with Gasteiger partial charge in [-0.2, -0.15) is 0 Å². The average molecular weight is 1080 g/mol. The van der Waals surface area contributed by atoms with Crippen LogP contribution in [-0.2, 0) is 42.2 Å². The first-order valence-corrected chi connectivity index (χ1v) is 31.3. The standard InChI is InChI=1S/C64H107O11P/c1-4-7-10-13-16-19-22-24-26-28-30-32-34-36-39-41-44-47-50-53-62(66)71-57-61(75-64(68)55-52-49-46-43-40-37-35-33-31-29-27-25-23-20-17-14-11-8-5-2)59-73-76(69,70)72-58-60(56-65)74-63(67)54-51-48-45-42-38-21-18-15-12-9-6-3/h7-8,10-11,16-17,19-20,24-27,30-33,37,40,60-61,65H,4-6,9,12-15,18,21-23,28-29,34-36,38-39,41-59H2,1-3H3,(H,69,70)/b10-7-,11-8-,19-16-,20-17-,26-24-,27-25-,32-30-,33-31-,40-37-. The second-order valence-electron chi connectivity index (χ2n) is 19.4. The Hall–Kier alpha value is -3.86. The van der Waals surface area contributed by atoms with E-state index in [9.17, 15) is 28.9 Å². The van der Waals surface area contributed by atoms with Gasteiger partial charge in [0.2, 0.25) is 0 Å². The summed E-state index contributed by atoms with van der Waals surface area (Å²) in [6, 6.07) is 0. The number of phosphoric ester groups is 1. The van der Waals surface area contributed by atoms with Gasteiger partial charge in [-0.1, -0.05) is 226 Å². The fourth-order valence-corrected chi connectivity index (χ4v) is 8.51. The van der Waals surface area contributed by atoms with Crippen LogP contribution in [0.15, 0.2) is 109 Å². The molecule has 0 aliphatic rings. The van der Waals surface area contributed by atoms with Gasteiger partial charge >= 0.3 is 25.7 Å². The molecular formula is C64H107O11P. The van der Waals surface area contributed by atoms with Crippen LogP contribution in [0.4, 0.5) is 0 Å². The van der Waals surface area contributed by atoms with Gasteiger partial charge in [0.05, 0.1) is 19.8 Å². The monoisotopic (exact) mass is 1080 g/mol. The number of rotatable bonds is 54. The van der Waals surface area contributed by atoms with Crippen molar-refractivity contribution in [2.24, 2.45) is 0 Å². The molecule has 0 saturated carbocycles. The summed E-state index contributed by atoms with van der Waals surface area (Å²) in [5, 5.41) is 9.81. The summed E-state index contributed by atoms with van der Waals surface area (Å²) in [6.45, 7) is 4.35. The Kier molecular flexibility index (Phi) is 54.4. The van der Waals surface area contributed by atoms with Crippen molar-refractivity contribution in [2.75, 3.05) is 26.4 Å². The van der Waals surface area contributed by atoms with Crippen molar-refractivity contribution in [1.29, 1.82) is 0 Å². The van der Waals surface area contributed by atoms with Gasteiger partial charge in [-0.15, -0.1) is 0 Å². The van der Waals surface area contributed by atoms with Gasteiger partial charge < -0.3 is 24.2 Å². The number of aliphatic hydroxyl groups excluding tert-OH is 1. The van der Waals surface area contributed by atoms with E-state index in [0.29, 0.717) is 19.3 Å². The highest BCUT2D eigenvalue weighted by Crippen LogP contribution is 2.43. The van der Waals surface area contributed by atoms with Crippen molar-refractivity contribution >= 4 is 25.7 Å². The minimum atomic E-state index is -4.76. The average Bonchev–Trinajstić information content (AvgIpc) is 3.41. The van der Waals surface area contributed by atoms with Crippen LogP contribution in [0.3, 0.4) is 0 Å². The number of carbonyl (C=O) groups is 3. The summed E-state index contributed by atoms with van der Waals surface area (Å²) < 4.78 is 39.5. The Morgan fingerprint density at radius 3 is 1.07 bits per heavy atom. The fraction of sp³-hybridized carbons (Fsp3) is 0.672. The summed E-state index contributed by atoms with van der Waals surface area (Å²) in [7, 11) is -4.76. The summed E-state index contributed by atoms with van der Waals surface area (Å²) >= 11 is 0. The maximum absolute atomic E-state index is 12.9. The summed E-state index contributed by atoms with van der Waals surface area (Å²) in [5.41, 5.74) is 0. The maximum Gasteiger partial charge on any atom is 0.472 e. The van der Waals surface area contributed by atoms with Crippen LogP contribution < -0.4 is 0 Å². The number of hydrogen-bond donors (Lipinski definition) is 2. The van der Waals surface area contributed by atoms with E-state index in [1.807, 2.05) is 0 Å². The second-order valence-corrected chi connectivity index (χ2v) is 20.9. The zero-order valence-electron chi connectivity index (χ0n) is 47.9. The zero-order chi connectivity index (χ0) is 55.5. The lowest BCUT2D eigenvalue weighted by Crippen LogP contribution is -2.30. The first kappa shape index (κ1) is 72.1. The summed E-state index contributed by atoms with van der Waals surface area (Å²) in [5.74, 6) is -1.52. The number of hydrogen-bond acceptors (Lipinski definition) is 10. The molecule has 0 saturated heterocycles. The highest BCUT2D eigenvalue weighted by molar-refractivity contribution is 7.47. The van der Waals surface area contributed by atoms with E-state index in [1.165, 1.54) is 44.9 Å². The van der Waals surface area contributed by atoms with Gasteiger partial charge in [-0.3, -0.25) is 23.4 Å². The van der Waals surface area contributed by atoms with E-state index < -0.39 is 57.8 Å². The van der Waals surface area contributed by atoms with Crippen LogP contribution in [0.1, 0.15) is 239 Å². The number of phosphoric acid groups is 1. The first-order chi connectivity index (χ1) is 37.2. The third-order valence-electron chi connectivity index (χ3n) is 12.2. The SMILES string of the molecule is CC/C=C\C/C=C\C/C=C\C/C=C\C/C=C\CCCCCC(=O)OC(COC(=O)CCCCCCCC/C=C\C/C=C\C/C=C\C/C=C\CC)COP(=O)(O)OCC(CO)OC(=O)CCCCCCCCCCCCC. The molecule has 3 unspecified atom stereocenters. The number of unbranched alkanes of at least 4 members (excludes halogenated alkanes) is 19. The van der Waals surface area contributed by atoms with E-state index in [2.05, 4.69) is 130 Å². The molecule has 0 aliphatic carbocycles. The van der Waals surface area contributed by atoms with Crippen LogP contribution in [0.25, 0.3) is 0 Å². The molecule has 3 atom stereocenters. The van der Waals surface area contributed by atoms with E-state index in [0.717, 1.165) is 135 Å². The lowest BCUT2D eigenvalue weighted by Gasteiger charge is -2.21. The van der Waals surface area contributed by atoms with E-state index in [1.54, 1.807) is 0 Å². The largest absolute Gasteiger partial charge is 0.472 e. The Bertz CT molecular complexity index is 1690. The number of ether oxygens (including phenoxy) is 3. The fourth-order valence-electron chi connectivity index (χ4n) is 7.73. The zero-order valence-corrected chi connectivity index (χ0v) is 48.8. The Morgan fingerprint density at radius 2 is 0.684 bits per heavy atom. The smallest absolute Gasteiger partial charge is 0.462 e. The van der Waals surface area contributed by atoms with Crippen LogP contribution in [0.5, 0.6) is 0 Å². The molecule has 0 bridgehead atoms. The highest BCUT2D eigenvalue weighted by atomic mass is 31.2. The molecule has 0 aromatic heterocycles. The van der Waals surface area contributed by atoms with E-state index in [4.69, 9.17) is 23.3 Å². The molecule has 2 N–H and O–H groups in total. The number of aliphatic hydroxyl groups is 1. The number of esters is 3. The molecule has 0 amide bonds.